The molecule has 0 atom stereocenters. The predicted octanol–water partition coefficient (Wildman–Crippen LogP) is 8.07. The largest absolute Gasteiger partial charge is 0.397 e. The zero-order valence-corrected chi connectivity index (χ0v) is 17.7. The summed E-state index contributed by atoms with van der Waals surface area (Å²) in [6.07, 6.45) is 0. The molecule has 2 N–H and O–H groups in total. The van der Waals surface area contributed by atoms with E-state index in [1.165, 1.54) is 0 Å². The van der Waals surface area contributed by atoms with Gasteiger partial charge < -0.3 is 10.6 Å². The number of anilines is 4. The summed E-state index contributed by atoms with van der Waals surface area (Å²) < 4.78 is 0. The van der Waals surface area contributed by atoms with E-state index in [4.69, 9.17) is 5.73 Å². The molecule has 5 rings (SSSR count). The molecule has 2 heteroatoms. The highest BCUT2D eigenvalue weighted by Gasteiger charge is 2.20. The molecule has 0 heterocycles. The molecule has 0 spiro atoms. The average molecular weight is 413 g/mol. The average Bonchev–Trinajstić information content (AvgIpc) is 2.87. The number of para-hydroxylation sites is 2. The van der Waals surface area contributed by atoms with Gasteiger partial charge in [-0.1, -0.05) is 103 Å². The molecule has 5 aromatic carbocycles. The fourth-order valence-corrected chi connectivity index (χ4v) is 4.16. The highest BCUT2D eigenvalue weighted by molar-refractivity contribution is 5.99. The van der Waals surface area contributed by atoms with Crippen molar-refractivity contribution in [1.82, 2.24) is 0 Å². The molecular weight excluding hydrogens is 388 g/mol. The van der Waals surface area contributed by atoms with Crippen molar-refractivity contribution in [2.24, 2.45) is 0 Å². The maximum atomic E-state index is 6.99. The van der Waals surface area contributed by atoms with Crippen LogP contribution >= 0.6 is 0 Å². The normalized spacial score (nSPS) is 10.6. The third-order valence-electron chi connectivity index (χ3n) is 5.64. The molecule has 0 aliphatic rings. The monoisotopic (exact) mass is 412 g/mol. The lowest BCUT2D eigenvalue weighted by molar-refractivity contribution is 1.29. The van der Waals surface area contributed by atoms with Crippen LogP contribution in [0.2, 0.25) is 0 Å². The first kappa shape index (κ1) is 19.7. The number of hydrogen-bond acceptors (Lipinski definition) is 2. The third kappa shape index (κ3) is 3.75. The van der Waals surface area contributed by atoms with Crippen LogP contribution in [0.5, 0.6) is 0 Å². The minimum Gasteiger partial charge on any atom is -0.397 e. The van der Waals surface area contributed by atoms with Gasteiger partial charge in [0.05, 0.1) is 11.4 Å². The van der Waals surface area contributed by atoms with Gasteiger partial charge in [-0.3, -0.25) is 0 Å². The maximum Gasteiger partial charge on any atom is 0.0698 e. The minimum absolute atomic E-state index is 0.755. The third-order valence-corrected chi connectivity index (χ3v) is 5.64. The minimum atomic E-state index is 0.755. The Kier molecular flexibility index (Phi) is 5.42. The van der Waals surface area contributed by atoms with E-state index in [-0.39, 0.29) is 0 Å². The maximum absolute atomic E-state index is 6.99. The van der Waals surface area contributed by atoms with E-state index in [1.54, 1.807) is 0 Å². The lowest BCUT2D eigenvalue weighted by atomic mass is 9.92. The molecule has 0 radical (unpaired) electrons. The molecule has 0 unspecified atom stereocenters. The quantitative estimate of drug-likeness (QED) is 0.296. The van der Waals surface area contributed by atoms with E-state index < -0.39 is 0 Å². The van der Waals surface area contributed by atoms with Gasteiger partial charge in [0.2, 0.25) is 0 Å². The van der Waals surface area contributed by atoms with Gasteiger partial charge in [0, 0.05) is 16.9 Å². The van der Waals surface area contributed by atoms with E-state index >= 15 is 0 Å². The Morgan fingerprint density at radius 1 is 0.438 bits per heavy atom. The molecule has 5 aromatic rings. The smallest absolute Gasteiger partial charge is 0.0698 e. The summed E-state index contributed by atoms with van der Waals surface area (Å²) in [4.78, 5) is 2.22. The summed E-state index contributed by atoms with van der Waals surface area (Å²) in [5, 5.41) is 0. The fourth-order valence-electron chi connectivity index (χ4n) is 4.16. The van der Waals surface area contributed by atoms with Gasteiger partial charge in [-0.05, 0) is 47.0 Å². The van der Waals surface area contributed by atoms with Crippen LogP contribution in [0.4, 0.5) is 22.7 Å². The fraction of sp³-hybridized carbons (Fsp3) is 0. The van der Waals surface area contributed by atoms with E-state index in [1.807, 2.05) is 24.3 Å². The van der Waals surface area contributed by atoms with Crippen molar-refractivity contribution < 1.29 is 0 Å². The van der Waals surface area contributed by atoms with Crippen molar-refractivity contribution in [2.75, 3.05) is 10.6 Å². The van der Waals surface area contributed by atoms with E-state index in [9.17, 15) is 0 Å². The van der Waals surface area contributed by atoms with Crippen LogP contribution in [-0.2, 0) is 0 Å². The zero-order chi connectivity index (χ0) is 21.8. The topological polar surface area (TPSA) is 29.3 Å². The molecule has 0 fully saturated rings. The second-order valence-corrected chi connectivity index (χ2v) is 7.66. The second kappa shape index (κ2) is 8.83. The lowest BCUT2D eigenvalue weighted by Crippen LogP contribution is -2.12. The molecular formula is C30H24N2. The van der Waals surface area contributed by atoms with Gasteiger partial charge in [0.1, 0.15) is 0 Å². The van der Waals surface area contributed by atoms with Crippen LogP contribution in [0.3, 0.4) is 0 Å². The van der Waals surface area contributed by atoms with Crippen molar-refractivity contribution in [2.45, 2.75) is 0 Å². The van der Waals surface area contributed by atoms with Crippen molar-refractivity contribution in [1.29, 1.82) is 0 Å². The number of benzene rings is 5. The van der Waals surface area contributed by atoms with E-state index in [2.05, 4.69) is 114 Å². The Balaban J connectivity index is 1.78. The Morgan fingerprint density at radius 3 is 1.38 bits per heavy atom. The summed E-state index contributed by atoms with van der Waals surface area (Å²) >= 11 is 0. The van der Waals surface area contributed by atoms with Crippen molar-refractivity contribution in [3.63, 3.8) is 0 Å². The molecule has 0 aliphatic heterocycles. The second-order valence-electron chi connectivity index (χ2n) is 7.66. The summed E-state index contributed by atoms with van der Waals surface area (Å²) in [5.41, 5.74) is 15.3. The van der Waals surface area contributed by atoms with E-state index in [0.29, 0.717) is 0 Å². The molecule has 0 aromatic heterocycles. The Hall–Kier alpha value is -4.30. The van der Waals surface area contributed by atoms with E-state index in [0.717, 1.165) is 45.0 Å². The first-order chi connectivity index (χ1) is 15.8. The molecule has 2 nitrogen and oxygen atoms in total. The summed E-state index contributed by atoms with van der Waals surface area (Å²) in [6, 6.07) is 45.9. The number of nitrogens with two attached hydrogens (primary N) is 1. The Labute approximate surface area is 189 Å². The van der Waals surface area contributed by atoms with Crippen molar-refractivity contribution in [3.8, 4) is 22.3 Å². The number of nitrogen functional groups attached to an aromatic ring is 1. The van der Waals surface area contributed by atoms with Crippen molar-refractivity contribution >= 4 is 22.7 Å². The Bertz CT molecular complexity index is 1260. The molecule has 0 bridgehead atoms. The molecule has 32 heavy (non-hydrogen) atoms. The van der Waals surface area contributed by atoms with Gasteiger partial charge in [-0.25, -0.2) is 0 Å². The van der Waals surface area contributed by atoms with Crippen molar-refractivity contribution in [3.05, 3.63) is 133 Å². The summed E-state index contributed by atoms with van der Waals surface area (Å²) in [5.74, 6) is 0. The molecule has 0 aliphatic carbocycles. The molecule has 0 saturated heterocycles. The predicted molar refractivity (Wildman–Crippen MR) is 136 cm³/mol. The van der Waals surface area contributed by atoms with Gasteiger partial charge in [-0.15, -0.1) is 0 Å². The summed E-state index contributed by atoms with van der Waals surface area (Å²) in [6.45, 7) is 0. The molecule has 0 amide bonds. The first-order valence-electron chi connectivity index (χ1n) is 10.8. The van der Waals surface area contributed by atoms with Gasteiger partial charge >= 0.3 is 0 Å². The van der Waals surface area contributed by atoms with Crippen LogP contribution in [0.15, 0.2) is 133 Å². The lowest BCUT2D eigenvalue weighted by Gasteiger charge is -2.28. The van der Waals surface area contributed by atoms with Crippen LogP contribution in [0.1, 0.15) is 0 Å². The SMILES string of the molecule is Nc1c(N(c2ccccc2)c2ccccc2)ccc(-c2ccccc2)c1-c1ccccc1. The highest BCUT2D eigenvalue weighted by atomic mass is 15.1. The van der Waals surface area contributed by atoms with Gasteiger partial charge in [0.15, 0.2) is 0 Å². The van der Waals surface area contributed by atoms with Crippen LogP contribution in [0.25, 0.3) is 22.3 Å². The highest BCUT2D eigenvalue weighted by Crippen LogP contribution is 2.45. The standard InChI is InChI=1S/C30H24N2/c31-30-28(32(25-17-9-3-10-18-25)26-19-11-4-12-20-26)22-21-27(23-13-5-1-6-14-23)29(30)24-15-7-2-8-16-24/h1-22H,31H2. The number of rotatable bonds is 5. The van der Waals surface area contributed by atoms with Crippen LogP contribution in [0, 0.1) is 0 Å². The van der Waals surface area contributed by atoms with Crippen LogP contribution < -0.4 is 10.6 Å². The Morgan fingerprint density at radius 2 is 0.875 bits per heavy atom. The van der Waals surface area contributed by atoms with Gasteiger partial charge in [-0.2, -0.15) is 0 Å². The zero-order valence-electron chi connectivity index (χ0n) is 17.7. The summed E-state index contributed by atoms with van der Waals surface area (Å²) in [7, 11) is 0. The number of nitrogens with zero attached hydrogens (tertiary/aromatic N) is 1. The van der Waals surface area contributed by atoms with Crippen LogP contribution in [-0.4, -0.2) is 0 Å². The molecule has 0 saturated carbocycles. The van der Waals surface area contributed by atoms with Gasteiger partial charge in [0.25, 0.3) is 0 Å². The molecule has 154 valence electrons. The number of hydrogen-bond donors (Lipinski definition) is 1. The first-order valence-corrected chi connectivity index (χ1v) is 10.8.